The average Bonchev–Trinajstić information content (AvgIpc) is 2.27. The van der Waals surface area contributed by atoms with Gasteiger partial charge in [-0.2, -0.15) is 0 Å². The summed E-state index contributed by atoms with van der Waals surface area (Å²) in [5.74, 6) is -0.252. The van der Waals surface area contributed by atoms with Crippen LogP contribution in [0.25, 0.3) is 0 Å². The van der Waals surface area contributed by atoms with Crippen molar-refractivity contribution in [1.29, 1.82) is 0 Å². The molecule has 0 aliphatic carbocycles. The number of hydrogen-bond acceptors (Lipinski definition) is 3. The maximum absolute atomic E-state index is 11.4. The predicted octanol–water partition coefficient (Wildman–Crippen LogP) is 3.58. The third-order valence-corrected chi connectivity index (χ3v) is 3.30. The first-order valence-electron chi connectivity index (χ1n) is 4.88. The van der Waals surface area contributed by atoms with Crippen molar-refractivity contribution >= 4 is 43.5 Å². The van der Waals surface area contributed by atoms with Crippen LogP contribution >= 0.6 is 31.9 Å². The number of methoxy groups -OCH3 is 1. The zero-order valence-corrected chi connectivity index (χ0v) is 12.3. The summed E-state index contributed by atoms with van der Waals surface area (Å²) in [6.45, 7) is 1.93. The van der Waals surface area contributed by atoms with Crippen LogP contribution in [0, 0.1) is 0 Å². The van der Waals surface area contributed by atoms with Crippen molar-refractivity contribution in [3.63, 3.8) is 0 Å². The Morgan fingerprint density at radius 3 is 2.69 bits per heavy atom. The van der Waals surface area contributed by atoms with E-state index in [1.807, 2.05) is 25.1 Å². The first-order chi connectivity index (χ1) is 7.58. The van der Waals surface area contributed by atoms with Gasteiger partial charge in [0.2, 0.25) is 0 Å². The molecule has 0 aliphatic heterocycles. The van der Waals surface area contributed by atoms with Gasteiger partial charge in [0.05, 0.1) is 7.11 Å². The Balaban J connectivity index is 2.82. The van der Waals surface area contributed by atoms with E-state index in [0.717, 1.165) is 14.6 Å². The normalized spacial score (nSPS) is 12.0. The third-order valence-electron chi connectivity index (χ3n) is 2.15. The second-order valence-corrected chi connectivity index (χ2v) is 5.02. The fraction of sp³-hybridized carbons (Fsp3) is 0.364. The molecule has 0 aliphatic rings. The summed E-state index contributed by atoms with van der Waals surface area (Å²) in [5, 5.41) is 3.13. The van der Waals surface area contributed by atoms with E-state index >= 15 is 0 Å². The molecule has 0 amide bonds. The maximum Gasteiger partial charge on any atom is 0.328 e. The molecule has 1 rings (SSSR count). The molecule has 1 unspecified atom stereocenters. The van der Waals surface area contributed by atoms with Crippen molar-refractivity contribution in [2.24, 2.45) is 0 Å². The number of nitrogens with one attached hydrogen (secondary N) is 1. The fourth-order valence-corrected chi connectivity index (χ4v) is 2.43. The van der Waals surface area contributed by atoms with Gasteiger partial charge in [0.25, 0.3) is 0 Å². The second kappa shape index (κ2) is 6.25. The van der Waals surface area contributed by atoms with E-state index in [0.29, 0.717) is 6.42 Å². The summed E-state index contributed by atoms with van der Waals surface area (Å²) in [5.41, 5.74) is 0.875. The molecule has 0 radical (unpaired) electrons. The van der Waals surface area contributed by atoms with Crippen LogP contribution in [0.3, 0.4) is 0 Å². The van der Waals surface area contributed by atoms with Crippen molar-refractivity contribution in [1.82, 2.24) is 0 Å². The molecule has 0 spiro atoms. The molecule has 0 aromatic heterocycles. The molecule has 88 valence electrons. The van der Waals surface area contributed by atoms with Crippen LogP contribution in [0.1, 0.15) is 13.3 Å². The molecule has 0 saturated heterocycles. The number of rotatable bonds is 4. The van der Waals surface area contributed by atoms with Crippen LogP contribution < -0.4 is 5.32 Å². The Bertz CT molecular complexity index is 382. The summed E-state index contributed by atoms with van der Waals surface area (Å²) in [4.78, 5) is 11.4. The number of benzene rings is 1. The average molecular weight is 351 g/mol. The minimum absolute atomic E-state index is 0.252. The van der Waals surface area contributed by atoms with E-state index in [9.17, 15) is 4.79 Å². The molecule has 0 bridgehead atoms. The fourth-order valence-electron chi connectivity index (χ4n) is 1.26. The van der Waals surface area contributed by atoms with Crippen LogP contribution in [-0.4, -0.2) is 19.1 Å². The van der Waals surface area contributed by atoms with Crippen LogP contribution in [0.5, 0.6) is 0 Å². The molecule has 5 heteroatoms. The minimum atomic E-state index is -0.317. The predicted molar refractivity (Wildman–Crippen MR) is 71.6 cm³/mol. The summed E-state index contributed by atoms with van der Waals surface area (Å²) in [7, 11) is 1.39. The second-order valence-electron chi connectivity index (χ2n) is 3.25. The Morgan fingerprint density at radius 2 is 2.19 bits per heavy atom. The number of halogens is 2. The molecule has 3 nitrogen and oxygen atoms in total. The largest absolute Gasteiger partial charge is 0.467 e. The van der Waals surface area contributed by atoms with E-state index < -0.39 is 0 Å². The van der Waals surface area contributed by atoms with Gasteiger partial charge in [-0.1, -0.05) is 22.9 Å². The van der Waals surface area contributed by atoms with Crippen LogP contribution in [0.4, 0.5) is 5.69 Å². The van der Waals surface area contributed by atoms with E-state index in [2.05, 4.69) is 37.2 Å². The standard InChI is InChI=1S/C11H13Br2NO2/c1-3-9(11(15)16-2)14-10-5-4-7(12)6-8(10)13/h4-6,9,14H,3H2,1-2H3. The van der Waals surface area contributed by atoms with Crippen molar-refractivity contribution in [2.75, 3.05) is 12.4 Å². The van der Waals surface area contributed by atoms with E-state index in [1.54, 1.807) is 0 Å². The van der Waals surface area contributed by atoms with Gasteiger partial charge in [0, 0.05) is 14.6 Å². The highest BCUT2D eigenvalue weighted by molar-refractivity contribution is 9.11. The van der Waals surface area contributed by atoms with Gasteiger partial charge >= 0.3 is 5.97 Å². The van der Waals surface area contributed by atoms with Gasteiger partial charge in [-0.15, -0.1) is 0 Å². The Hall–Kier alpha value is -0.550. The number of ether oxygens (including phenoxy) is 1. The Kier molecular flexibility index (Phi) is 5.28. The summed E-state index contributed by atoms with van der Waals surface area (Å²) < 4.78 is 6.60. The molecule has 1 aromatic rings. The summed E-state index contributed by atoms with van der Waals surface area (Å²) in [6.07, 6.45) is 0.676. The number of hydrogen-bond donors (Lipinski definition) is 1. The van der Waals surface area contributed by atoms with Crippen molar-refractivity contribution in [3.8, 4) is 0 Å². The third kappa shape index (κ3) is 3.49. The lowest BCUT2D eigenvalue weighted by Crippen LogP contribution is -2.29. The van der Waals surface area contributed by atoms with Crippen LogP contribution in [-0.2, 0) is 9.53 Å². The van der Waals surface area contributed by atoms with Crippen LogP contribution in [0.2, 0.25) is 0 Å². The topological polar surface area (TPSA) is 38.3 Å². The van der Waals surface area contributed by atoms with Crippen molar-refractivity contribution in [3.05, 3.63) is 27.1 Å². The van der Waals surface area contributed by atoms with Gasteiger partial charge in [0.15, 0.2) is 0 Å². The van der Waals surface area contributed by atoms with Gasteiger partial charge in [-0.25, -0.2) is 4.79 Å². The lowest BCUT2D eigenvalue weighted by Gasteiger charge is -2.16. The zero-order chi connectivity index (χ0) is 12.1. The molecular formula is C11H13Br2NO2. The highest BCUT2D eigenvalue weighted by Crippen LogP contribution is 2.27. The van der Waals surface area contributed by atoms with Gasteiger partial charge in [0.1, 0.15) is 6.04 Å². The van der Waals surface area contributed by atoms with E-state index in [4.69, 9.17) is 4.74 Å². The summed E-state index contributed by atoms with van der Waals surface area (Å²) >= 11 is 6.80. The first kappa shape index (κ1) is 13.5. The highest BCUT2D eigenvalue weighted by Gasteiger charge is 2.17. The SMILES string of the molecule is CCC(Nc1ccc(Br)cc1Br)C(=O)OC. The molecule has 16 heavy (non-hydrogen) atoms. The monoisotopic (exact) mass is 349 g/mol. The number of carbonyl (C=O) groups excluding carboxylic acids is 1. The summed E-state index contributed by atoms with van der Waals surface area (Å²) in [6, 6.07) is 5.42. The van der Waals surface area contributed by atoms with E-state index in [-0.39, 0.29) is 12.0 Å². The molecule has 0 fully saturated rings. The first-order valence-corrected chi connectivity index (χ1v) is 6.46. The molecule has 0 heterocycles. The minimum Gasteiger partial charge on any atom is -0.467 e. The molecular weight excluding hydrogens is 338 g/mol. The van der Waals surface area contributed by atoms with Crippen LogP contribution in [0.15, 0.2) is 27.1 Å². The van der Waals surface area contributed by atoms with Crippen molar-refractivity contribution in [2.45, 2.75) is 19.4 Å². The van der Waals surface area contributed by atoms with Gasteiger partial charge in [-0.3, -0.25) is 0 Å². The number of anilines is 1. The van der Waals surface area contributed by atoms with E-state index in [1.165, 1.54) is 7.11 Å². The lowest BCUT2D eigenvalue weighted by molar-refractivity contribution is -0.141. The van der Waals surface area contributed by atoms with Gasteiger partial charge < -0.3 is 10.1 Å². The lowest BCUT2D eigenvalue weighted by atomic mass is 10.2. The Labute approximate surface area is 112 Å². The maximum atomic E-state index is 11.4. The van der Waals surface area contributed by atoms with Crippen molar-refractivity contribution < 1.29 is 9.53 Å². The molecule has 0 saturated carbocycles. The molecule has 1 N–H and O–H groups in total. The molecule has 1 atom stereocenters. The number of esters is 1. The quantitative estimate of drug-likeness (QED) is 0.843. The zero-order valence-electron chi connectivity index (χ0n) is 9.09. The number of carbonyl (C=O) groups is 1. The Morgan fingerprint density at radius 1 is 1.50 bits per heavy atom. The highest BCUT2D eigenvalue weighted by atomic mass is 79.9. The van der Waals surface area contributed by atoms with Gasteiger partial charge in [-0.05, 0) is 40.5 Å². The smallest absolute Gasteiger partial charge is 0.328 e. The molecule has 1 aromatic carbocycles.